The van der Waals surface area contributed by atoms with E-state index in [9.17, 15) is 9.59 Å². The molecule has 7 heteroatoms. The summed E-state index contributed by atoms with van der Waals surface area (Å²) in [6.45, 7) is 6.38. The summed E-state index contributed by atoms with van der Waals surface area (Å²) < 4.78 is 5.77. The van der Waals surface area contributed by atoms with Crippen molar-refractivity contribution in [1.82, 2.24) is 10.2 Å². The Morgan fingerprint density at radius 3 is 2.22 bits per heavy atom. The van der Waals surface area contributed by atoms with Crippen LogP contribution in [0.5, 0.6) is 5.75 Å². The van der Waals surface area contributed by atoms with Crippen LogP contribution in [0, 0.1) is 0 Å². The molecule has 0 fully saturated rings. The quantitative estimate of drug-likeness (QED) is 0.275. The lowest BCUT2D eigenvalue weighted by Crippen LogP contribution is -2.54. The van der Waals surface area contributed by atoms with Gasteiger partial charge in [0, 0.05) is 35.0 Å². The number of amides is 2. The first-order chi connectivity index (χ1) is 17.6. The number of rotatable bonds is 11. The first-order valence-electron chi connectivity index (χ1n) is 12.4. The van der Waals surface area contributed by atoms with Gasteiger partial charge in [-0.05, 0) is 68.7 Å². The van der Waals surface area contributed by atoms with Gasteiger partial charge in [-0.15, -0.1) is 0 Å². The van der Waals surface area contributed by atoms with E-state index >= 15 is 0 Å². The number of halogens is 2. The molecule has 0 aliphatic rings. The third kappa shape index (κ3) is 9.42. The molecule has 0 saturated heterocycles. The Balaban J connectivity index is 1.81. The number of nitrogens with one attached hydrogen (secondary N) is 1. The van der Waals surface area contributed by atoms with E-state index in [1.54, 1.807) is 35.2 Å². The molecule has 0 spiro atoms. The van der Waals surface area contributed by atoms with Crippen LogP contribution < -0.4 is 10.1 Å². The lowest BCUT2D eigenvalue weighted by molar-refractivity contribution is -0.142. The maximum Gasteiger partial charge on any atom is 0.243 e. The maximum absolute atomic E-state index is 13.6. The zero-order valence-electron chi connectivity index (χ0n) is 21.5. The first kappa shape index (κ1) is 28.5. The van der Waals surface area contributed by atoms with E-state index in [1.165, 1.54) is 0 Å². The zero-order valence-corrected chi connectivity index (χ0v) is 23.1. The predicted molar refractivity (Wildman–Crippen MR) is 150 cm³/mol. The van der Waals surface area contributed by atoms with E-state index in [2.05, 4.69) is 5.32 Å². The smallest absolute Gasteiger partial charge is 0.243 e. The van der Waals surface area contributed by atoms with E-state index in [4.69, 9.17) is 27.9 Å². The molecule has 0 heterocycles. The summed E-state index contributed by atoms with van der Waals surface area (Å²) in [5.74, 6) is 0.357. The van der Waals surface area contributed by atoms with Crippen molar-refractivity contribution in [3.8, 4) is 5.75 Å². The normalized spacial score (nSPS) is 12.0. The van der Waals surface area contributed by atoms with Gasteiger partial charge in [0.1, 0.15) is 11.8 Å². The summed E-state index contributed by atoms with van der Waals surface area (Å²) in [6, 6.07) is 23.5. The average molecular weight is 542 g/mol. The fourth-order valence-corrected chi connectivity index (χ4v) is 4.23. The van der Waals surface area contributed by atoms with Crippen LogP contribution in [0.1, 0.15) is 44.7 Å². The van der Waals surface area contributed by atoms with Gasteiger partial charge >= 0.3 is 0 Å². The van der Waals surface area contributed by atoms with Crippen molar-refractivity contribution >= 4 is 35.0 Å². The standard InChI is InChI=1S/C30H34Cl2N2O3/c1-30(2,3)33-29(36)27(20-22-10-5-4-6-11-22)34(21-23-12-7-8-13-26(23)32)28(35)14-9-19-37-25-17-15-24(31)16-18-25/h4-8,10-13,15-18,27H,9,14,19-21H2,1-3H3,(H,33,36)/t27-/m1/s1. The summed E-state index contributed by atoms with van der Waals surface area (Å²) in [7, 11) is 0. The Labute approximate surface area is 229 Å². The van der Waals surface area contributed by atoms with Gasteiger partial charge in [-0.25, -0.2) is 0 Å². The number of carbonyl (C=O) groups excluding carboxylic acids is 2. The van der Waals surface area contributed by atoms with E-state index in [1.807, 2.05) is 69.3 Å². The van der Waals surface area contributed by atoms with Crippen molar-refractivity contribution in [2.75, 3.05) is 6.61 Å². The van der Waals surface area contributed by atoms with Gasteiger partial charge < -0.3 is 15.0 Å². The minimum atomic E-state index is -0.706. The van der Waals surface area contributed by atoms with Gasteiger partial charge in [-0.1, -0.05) is 71.7 Å². The van der Waals surface area contributed by atoms with Crippen LogP contribution in [-0.2, 0) is 22.6 Å². The summed E-state index contributed by atoms with van der Waals surface area (Å²) in [4.78, 5) is 28.9. The highest BCUT2D eigenvalue weighted by atomic mass is 35.5. The molecule has 0 bridgehead atoms. The number of carbonyl (C=O) groups is 2. The molecule has 3 aromatic rings. The molecule has 0 unspecified atom stereocenters. The minimum Gasteiger partial charge on any atom is -0.494 e. The molecule has 37 heavy (non-hydrogen) atoms. The van der Waals surface area contributed by atoms with Crippen LogP contribution in [0.4, 0.5) is 0 Å². The molecule has 1 N–H and O–H groups in total. The van der Waals surface area contributed by atoms with Gasteiger partial charge in [0.15, 0.2) is 0 Å². The lowest BCUT2D eigenvalue weighted by Gasteiger charge is -2.34. The van der Waals surface area contributed by atoms with Crippen molar-refractivity contribution in [3.05, 3.63) is 100 Å². The summed E-state index contributed by atoms with van der Waals surface area (Å²) in [5.41, 5.74) is 1.31. The number of hydrogen-bond donors (Lipinski definition) is 1. The molecule has 0 aliphatic heterocycles. The maximum atomic E-state index is 13.6. The highest BCUT2D eigenvalue weighted by molar-refractivity contribution is 6.31. The lowest BCUT2D eigenvalue weighted by atomic mass is 10.00. The topological polar surface area (TPSA) is 58.6 Å². The number of benzene rings is 3. The van der Waals surface area contributed by atoms with E-state index in [-0.39, 0.29) is 24.8 Å². The van der Waals surface area contributed by atoms with Crippen molar-refractivity contribution in [2.45, 2.75) is 58.2 Å². The Bertz CT molecular complexity index is 1160. The Kier molecular flexibility index (Phi) is 10.4. The third-order valence-corrected chi connectivity index (χ3v) is 6.31. The average Bonchev–Trinajstić information content (AvgIpc) is 2.85. The highest BCUT2D eigenvalue weighted by Gasteiger charge is 2.32. The summed E-state index contributed by atoms with van der Waals surface area (Å²) in [6.07, 6.45) is 1.12. The Morgan fingerprint density at radius 2 is 1.57 bits per heavy atom. The summed E-state index contributed by atoms with van der Waals surface area (Å²) >= 11 is 12.4. The minimum absolute atomic E-state index is 0.135. The first-order valence-corrected chi connectivity index (χ1v) is 13.1. The highest BCUT2D eigenvalue weighted by Crippen LogP contribution is 2.22. The number of hydrogen-bond acceptors (Lipinski definition) is 3. The zero-order chi connectivity index (χ0) is 26.8. The van der Waals surface area contributed by atoms with Crippen molar-refractivity contribution < 1.29 is 14.3 Å². The van der Waals surface area contributed by atoms with Crippen molar-refractivity contribution in [1.29, 1.82) is 0 Å². The molecule has 0 saturated carbocycles. The second-order valence-electron chi connectivity index (χ2n) is 9.96. The monoisotopic (exact) mass is 540 g/mol. The molecule has 0 aromatic heterocycles. The van der Waals surface area contributed by atoms with Crippen LogP contribution >= 0.6 is 23.2 Å². The molecular weight excluding hydrogens is 507 g/mol. The largest absolute Gasteiger partial charge is 0.494 e. The predicted octanol–water partition coefficient (Wildman–Crippen LogP) is 6.71. The fraction of sp³-hybridized carbons (Fsp3) is 0.333. The summed E-state index contributed by atoms with van der Waals surface area (Å²) in [5, 5.41) is 4.26. The molecule has 5 nitrogen and oxygen atoms in total. The molecule has 3 rings (SSSR count). The molecule has 0 radical (unpaired) electrons. The van der Waals surface area contributed by atoms with Crippen LogP contribution in [-0.4, -0.2) is 34.9 Å². The van der Waals surface area contributed by atoms with E-state index < -0.39 is 11.6 Å². The van der Waals surface area contributed by atoms with Crippen LogP contribution in [0.25, 0.3) is 0 Å². The Hall–Kier alpha value is -3.02. The fourth-order valence-electron chi connectivity index (χ4n) is 3.90. The number of ether oxygens (including phenoxy) is 1. The van der Waals surface area contributed by atoms with Crippen LogP contribution in [0.3, 0.4) is 0 Å². The SMILES string of the molecule is CC(C)(C)NC(=O)[C@@H](Cc1ccccc1)N(Cc1ccccc1Cl)C(=O)CCCOc1ccc(Cl)cc1. The van der Waals surface area contributed by atoms with Gasteiger partial charge in [0.2, 0.25) is 11.8 Å². The molecule has 1 atom stereocenters. The number of nitrogens with zero attached hydrogens (tertiary/aromatic N) is 1. The van der Waals surface area contributed by atoms with Gasteiger partial charge in [0.25, 0.3) is 0 Å². The third-order valence-electron chi connectivity index (χ3n) is 5.69. The van der Waals surface area contributed by atoms with Crippen LogP contribution in [0.2, 0.25) is 10.0 Å². The Morgan fingerprint density at radius 1 is 0.919 bits per heavy atom. The van der Waals surface area contributed by atoms with Gasteiger partial charge in [-0.3, -0.25) is 9.59 Å². The van der Waals surface area contributed by atoms with Gasteiger partial charge in [-0.2, -0.15) is 0 Å². The molecule has 0 aliphatic carbocycles. The second kappa shape index (κ2) is 13.5. The molecule has 196 valence electrons. The molecular formula is C30H34Cl2N2O3. The van der Waals surface area contributed by atoms with Gasteiger partial charge in [0.05, 0.1) is 6.61 Å². The molecule has 2 amide bonds. The van der Waals surface area contributed by atoms with E-state index in [0.717, 1.165) is 11.1 Å². The van der Waals surface area contributed by atoms with Crippen molar-refractivity contribution in [2.24, 2.45) is 0 Å². The van der Waals surface area contributed by atoms with E-state index in [0.29, 0.717) is 35.2 Å². The van der Waals surface area contributed by atoms with Crippen molar-refractivity contribution in [3.63, 3.8) is 0 Å². The van der Waals surface area contributed by atoms with Crippen LogP contribution in [0.15, 0.2) is 78.9 Å². The molecule has 3 aromatic carbocycles. The second-order valence-corrected chi connectivity index (χ2v) is 10.8.